The van der Waals surface area contributed by atoms with Crippen molar-refractivity contribution in [1.82, 2.24) is 19.6 Å². The molecule has 2 rings (SSSR count). The van der Waals surface area contributed by atoms with Gasteiger partial charge in [-0.1, -0.05) is 32.9 Å². The Morgan fingerprint density at radius 2 is 2.04 bits per heavy atom. The van der Waals surface area contributed by atoms with Crippen molar-refractivity contribution in [2.75, 3.05) is 20.1 Å². The number of fused-ring (bicyclic) bond motifs is 1. The van der Waals surface area contributed by atoms with Gasteiger partial charge in [0.2, 0.25) is 0 Å². The van der Waals surface area contributed by atoms with E-state index in [-0.39, 0.29) is 23.9 Å². The van der Waals surface area contributed by atoms with Gasteiger partial charge in [0.1, 0.15) is 5.69 Å². The van der Waals surface area contributed by atoms with Crippen LogP contribution in [0.2, 0.25) is 0 Å². The molecule has 1 aliphatic rings. The molecule has 7 heteroatoms. The van der Waals surface area contributed by atoms with Crippen LogP contribution in [0.25, 0.3) is 0 Å². The zero-order valence-corrected chi connectivity index (χ0v) is 16.0. The fourth-order valence-corrected chi connectivity index (χ4v) is 3.26. The third kappa shape index (κ3) is 3.66. The van der Waals surface area contributed by atoms with E-state index < -0.39 is 6.09 Å². The van der Waals surface area contributed by atoms with Crippen LogP contribution in [0, 0.1) is 5.41 Å². The molecule has 26 heavy (non-hydrogen) atoms. The molecule has 1 aromatic rings. The number of hydrogen-bond donors (Lipinski definition) is 1. The summed E-state index contributed by atoms with van der Waals surface area (Å²) in [4.78, 5) is 27.4. The lowest BCUT2D eigenvalue weighted by atomic mass is 9.86. The minimum absolute atomic E-state index is 0.168. The third-order valence-electron chi connectivity index (χ3n) is 4.66. The Morgan fingerprint density at radius 3 is 2.54 bits per heavy atom. The van der Waals surface area contributed by atoms with Crippen LogP contribution >= 0.6 is 0 Å². The van der Waals surface area contributed by atoms with E-state index in [1.54, 1.807) is 28.8 Å². The standard InChI is InChI=1S/C19H28N4O3/c1-7-10-21(6)17(24)16-13-12-22(18(25)26)11-9-14(13)20-23(16)15(8-2)19(3,4)5/h7-8,15H,1-2,9-12H2,3-6H3,(H,25,26). The number of likely N-dealkylation sites (N-methyl/N-ethyl adjacent to an activating group) is 1. The summed E-state index contributed by atoms with van der Waals surface area (Å²) in [6.45, 7) is 14.7. The van der Waals surface area contributed by atoms with Crippen molar-refractivity contribution in [3.63, 3.8) is 0 Å². The van der Waals surface area contributed by atoms with E-state index >= 15 is 0 Å². The molecule has 1 atom stereocenters. The molecule has 2 heterocycles. The maximum atomic E-state index is 13.1. The van der Waals surface area contributed by atoms with Crippen molar-refractivity contribution in [2.45, 2.75) is 39.8 Å². The van der Waals surface area contributed by atoms with Gasteiger partial charge in [-0.2, -0.15) is 5.10 Å². The van der Waals surface area contributed by atoms with Gasteiger partial charge in [0.05, 0.1) is 18.3 Å². The first-order chi connectivity index (χ1) is 12.1. The van der Waals surface area contributed by atoms with Crippen molar-refractivity contribution in [3.05, 3.63) is 42.3 Å². The highest BCUT2D eigenvalue weighted by Gasteiger charge is 2.35. The van der Waals surface area contributed by atoms with E-state index in [0.717, 1.165) is 5.69 Å². The fourth-order valence-electron chi connectivity index (χ4n) is 3.26. The van der Waals surface area contributed by atoms with Crippen molar-refractivity contribution in [2.24, 2.45) is 5.41 Å². The molecule has 2 amide bonds. The predicted molar refractivity (Wildman–Crippen MR) is 100 cm³/mol. The molecule has 0 radical (unpaired) electrons. The Morgan fingerprint density at radius 1 is 1.38 bits per heavy atom. The monoisotopic (exact) mass is 360 g/mol. The molecule has 0 aromatic carbocycles. The van der Waals surface area contributed by atoms with Gasteiger partial charge in [-0.15, -0.1) is 13.2 Å². The van der Waals surface area contributed by atoms with Crippen LogP contribution < -0.4 is 0 Å². The molecule has 0 bridgehead atoms. The van der Waals surface area contributed by atoms with Gasteiger partial charge in [-0.3, -0.25) is 9.48 Å². The second kappa shape index (κ2) is 7.35. The summed E-state index contributed by atoms with van der Waals surface area (Å²) in [5, 5.41) is 14.1. The van der Waals surface area contributed by atoms with Crippen molar-refractivity contribution in [1.29, 1.82) is 0 Å². The van der Waals surface area contributed by atoms with E-state index in [4.69, 9.17) is 5.10 Å². The average molecular weight is 360 g/mol. The van der Waals surface area contributed by atoms with Crippen LogP contribution in [0.5, 0.6) is 0 Å². The summed E-state index contributed by atoms with van der Waals surface area (Å²) >= 11 is 0. The Hall–Kier alpha value is -2.57. The molecule has 1 aliphatic heterocycles. The molecule has 0 aliphatic carbocycles. The Kier molecular flexibility index (Phi) is 5.59. The highest BCUT2D eigenvalue weighted by atomic mass is 16.4. The Labute approximate surface area is 154 Å². The molecule has 7 nitrogen and oxygen atoms in total. The maximum Gasteiger partial charge on any atom is 0.407 e. The van der Waals surface area contributed by atoms with E-state index in [0.29, 0.717) is 30.8 Å². The highest BCUT2D eigenvalue weighted by Crippen LogP contribution is 2.35. The van der Waals surface area contributed by atoms with Crippen LogP contribution in [-0.4, -0.2) is 56.8 Å². The number of aromatic nitrogens is 2. The second-order valence-electron chi connectivity index (χ2n) is 7.69. The van der Waals surface area contributed by atoms with Crippen LogP contribution in [-0.2, 0) is 13.0 Å². The summed E-state index contributed by atoms with van der Waals surface area (Å²) in [5.74, 6) is -0.193. The van der Waals surface area contributed by atoms with Crippen molar-refractivity contribution < 1.29 is 14.7 Å². The van der Waals surface area contributed by atoms with Crippen molar-refractivity contribution >= 4 is 12.0 Å². The number of carboxylic acid groups (broad SMARTS) is 1. The molecular weight excluding hydrogens is 332 g/mol. The van der Waals surface area contributed by atoms with E-state index in [1.165, 1.54) is 4.90 Å². The zero-order valence-electron chi connectivity index (χ0n) is 16.0. The van der Waals surface area contributed by atoms with Gasteiger partial charge in [-0.05, 0) is 5.41 Å². The number of hydrogen-bond acceptors (Lipinski definition) is 3. The first-order valence-electron chi connectivity index (χ1n) is 8.68. The Balaban J connectivity index is 2.62. The smallest absolute Gasteiger partial charge is 0.407 e. The number of amides is 2. The van der Waals surface area contributed by atoms with E-state index in [2.05, 4.69) is 33.9 Å². The van der Waals surface area contributed by atoms with Gasteiger partial charge in [-0.25, -0.2) is 4.79 Å². The molecule has 0 saturated heterocycles. The van der Waals surface area contributed by atoms with Crippen LogP contribution in [0.4, 0.5) is 4.79 Å². The number of carbonyl (C=O) groups is 2. The number of nitrogens with zero attached hydrogens (tertiary/aromatic N) is 4. The van der Waals surface area contributed by atoms with Crippen molar-refractivity contribution in [3.8, 4) is 0 Å². The first kappa shape index (κ1) is 19.8. The predicted octanol–water partition coefficient (Wildman–Crippen LogP) is 2.95. The maximum absolute atomic E-state index is 13.1. The summed E-state index contributed by atoms with van der Waals surface area (Å²) in [6.07, 6.45) is 2.95. The average Bonchev–Trinajstić information content (AvgIpc) is 2.91. The minimum Gasteiger partial charge on any atom is -0.465 e. The van der Waals surface area contributed by atoms with Crippen LogP contribution in [0.3, 0.4) is 0 Å². The molecule has 142 valence electrons. The second-order valence-corrected chi connectivity index (χ2v) is 7.69. The highest BCUT2D eigenvalue weighted by molar-refractivity contribution is 5.94. The molecular formula is C19H28N4O3. The van der Waals surface area contributed by atoms with Gasteiger partial charge in [0.25, 0.3) is 5.91 Å². The normalized spacial score (nSPS) is 15.2. The summed E-state index contributed by atoms with van der Waals surface area (Å²) in [6, 6.07) is -0.192. The minimum atomic E-state index is -0.989. The molecule has 1 unspecified atom stereocenters. The number of allylic oxidation sites excluding steroid dienone is 1. The van der Waals surface area contributed by atoms with Crippen LogP contribution in [0.1, 0.15) is 48.6 Å². The SMILES string of the molecule is C=CCN(C)C(=O)c1c2c(nn1C(C=C)C(C)(C)C)CCN(C(=O)O)C2. The molecule has 0 fully saturated rings. The molecule has 1 N–H and O–H groups in total. The van der Waals surface area contributed by atoms with Gasteiger partial charge >= 0.3 is 6.09 Å². The summed E-state index contributed by atoms with van der Waals surface area (Å²) in [5.41, 5.74) is 1.72. The first-order valence-corrected chi connectivity index (χ1v) is 8.68. The van der Waals surface area contributed by atoms with Gasteiger partial charge < -0.3 is 14.9 Å². The summed E-state index contributed by atoms with van der Waals surface area (Å²) in [7, 11) is 1.70. The zero-order chi connectivity index (χ0) is 19.6. The molecule has 0 saturated carbocycles. The van der Waals surface area contributed by atoms with Gasteiger partial charge in [0.15, 0.2) is 0 Å². The molecule has 0 spiro atoms. The number of rotatable bonds is 5. The summed E-state index contributed by atoms with van der Waals surface area (Å²) < 4.78 is 1.73. The lowest BCUT2D eigenvalue weighted by Gasteiger charge is -2.30. The lowest BCUT2D eigenvalue weighted by molar-refractivity contribution is 0.0788. The van der Waals surface area contributed by atoms with E-state index in [9.17, 15) is 14.7 Å². The quantitative estimate of drug-likeness (QED) is 0.819. The van der Waals surface area contributed by atoms with Gasteiger partial charge in [0, 0.05) is 32.1 Å². The molecule has 1 aromatic heterocycles. The third-order valence-corrected chi connectivity index (χ3v) is 4.66. The van der Waals surface area contributed by atoms with E-state index in [1.807, 2.05) is 0 Å². The van der Waals surface area contributed by atoms with Crippen LogP contribution in [0.15, 0.2) is 25.3 Å². The number of carbonyl (C=O) groups excluding carboxylic acids is 1. The topological polar surface area (TPSA) is 78.7 Å². The largest absolute Gasteiger partial charge is 0.465 e. The fraction of sp³-hybridized carbons (Fsp3) is 0.526. The Bertz CT molecular complexity index is 730. The lowest BCUT2D eigenvalue weighted by Crippen LogP contribution is -2.37.